The first-order chi connectivity index (χ1) is 7.79. The molecule has 0 radical (unpaired) electrons. The fourth-order valence-electron chi connectivity index (χ4n) is 2.93. The van der Waals surface area contributed by atoms with Gasteiger partial charge in [0, 0.05) is 26.2 Å². The van der Waals surface area contributed by atoms with E-state index < -0.39 is 0 Å². The van der Waals surface area contributed by atoms with Crippen molar-refractivity contribution >= 4 is 6.03 Å². The van der Waals surface area contributed by atoms with Gasteiger partial charge in [0.15, 0.2) is 0 Å². The first-order valence-electron chi connectivity index (χ1n) is 6.81. The largest absolute Gasteiger partial charge is 0.325 e. The Balaban J connectivity index is 1.86. The number of hydrogen-bond acceptors (Lipinski definition) is 1. The molecule has 2 fully saturated rings. The maximum atomic E-state index is 12.2. The van der Waals surface area contributed by atoms with E-state index in [2.05, 4.69) is 0 Å². The molecule has 0 unspecified atom stereocenters. The van der Waals surface area contributed by atoms with Gasteiger partial charge in [0.05, 0.1) is 0 Å². The summed E-state index contributed by atoms with van der Waals surface area (Å²) in [6.07, 6.45) is 10.0. The van der Waals surface area contributed by atoms with Crippen molar-refractivity contribution in [2.24, 2.45) is 0 Å². The van der Waals surface area contributed by atoms with Gasteiger partial charge in [0.2, 0.25) is 0 Å². The van der Waals surface area contributed by atoms with Crippen LogP contribution in [0, 0.1) is 0 Å². The Bertz CT molecular complexity index is 230. The summed E-state index contributed by atoms with van der Waals surface area (Å²) in [5.41, 5.74) is 0. The third-order valence-corrected chi connectivity index (χ3v) is 4.05. The summed E-state index contributed by atoms with van der Waals surface area (Å²) in [6, 6.07) is 0.773. The highest BCUT2D eigenvalue weighted by Gasteiger charge is 2.26. The highest BCUT2D eigenvalue weighted by molar-refractivity contribution is 5.74. The van der Waals surface area contributed by atoms with Gasteiger partial charge < -0.3 is 9.80 Å². The first kappa shape index (κ1) is 11.7. The quantitative estimate of drug-likeness (QED) is 0.672. The predicted molar refractivity (Wildman–Crippen MR) is 65.5 cm³/mol. The minimum Gasteiger partial charge on any atom is -0.325 e. The average molecular weight is 224 g/mol. The molecule has 0 aromatic carbocycles. The van der Waals surface area contributed by atoms with E-state index in [0.29, 0.717) is 6.04 Å². The molecule has 16 heavy (non-hydrogen) atoms. The molecule has 0 atom stereocenters. The fraction of sp³-hybridized carbons (Fsp3) is 0.923. The van der Waals surface area contributed by atoms with Gasteiger partial charge >= 0.3 is 6.03 Å². The average Bonchev–Trinajstić information content (AvgIpc) is 2.39. The van der Waals surface area contributed by atoms with E-state index in [1.165, 1.54) is 51.4 Å². The van der Waals surface area contributed by atoms with Crippen LogP contribution in [0.1, 0.15) is 51.4 Å². The van der Waals surface area contributed by atoms with E-state index in [-0.39, 0.29) is 6.03 Å². The van der Waals surface area contributed by atoms with Gasteiger partial charge in [-0.15, -0.1) is 0 Å². The summed E-state index contributed by atoms with van der Waals surface area (Å²) in [6.45, 7) is 1.94. The first-order valence-corrected chi connectivity index (χ1v) is 6.81. The Kier molecular flexibility index (Phi) is 4.08. The number of carbonyl (C=O) groups excluding carboxylic acids is 1. The number of urea groups is 1. The summed E-state index contributed by atoms with van der Waals surface area (Å²) in [7, 11) is 1.99. The lowest BCUT2D eigenvalue weighted by atomic mass is 9.94. The number of piperidine rings is 1. The van der Waals surface area contributed by atoms with Crippen LogP contribution in [0.15, 0.2) is 0 Å². The summed E-state index contributed by atoms with van der Waals surface area (Å²) >= 11 is 0. The van der Waals surface area contributed by atoms with Crippen LogP contribution in [0.25, 0.3) is 0 Å². The summed E-state index contributed by atoms with van der Waals surface area (Å²) in [5, 5.41) is 0. The van der Waals surface area contributed by atoms with Crippen molar-refractivity contribution < 1.29 is 4.79 Å². The maximum absolute atomic E-state index is 12.2. The fourth-order valence-corrected chi connectivity index (χ4v) is 2.93. The second-order valence-electron chi connectivity index (χ2n) is 5.23. The SMILES string of the molecule is CN(C(=O)N1CCCCC1)C1CCCCC1. The maximum Gasteiger partial charge on any atom is 0.319 e. The smallest absolute Gasteiger partial charge is 0.319 e. The van der Waals surface area contributed by atoms with Crippen molar-refractivity contribution in [3.05, 3.63) is 0 Å². The van der Waals surface area contributed by atoms with Gasteiger partial charge in [0.25, 0.3) is 0 Å². The van der Waals surface area contributed by atoms with Crippen molar-refractivity contribution in [2.75, 3.05) is 20.1 Å². The number of nitrogens with zero attached hydrogens (tertiary/aromatic N) is 2. The number of amides is 2. The molecule has 1 aliphatic carbocycles. The molecule has 0 N–H and O–H groups in total. The minimum absolute atomic E-state index is 0.270. The molecule has 0 bridgehead atoms. The zero-order valence-corrected chi connectivity index (χ0v) is 10.5. The molecular weight excluding hydrogens is 200 g/mol. The van der Waals surface area contributed by atoms with Gasteiger partial charge in [0.1, 0.15) is 0 Å². The van der Waals surface area contributed by atoms with Crippen molar-refractivity contribution in [1.82, 2.24) is 9.80 Å². The van der Waals surface area contributed by atoms with E-state index in [0.717, 1.165) is 13.1 Å². The number of carbonyl (C=O) groups is 1. The standard InChI is InChI=1S/C13H24N2O/c1-14(12-8-4-2-5-9-12)13(16)15-10-6-3-7-11-15/h12H,2-11H2,1H3. The zero-order chi connectivity index (χ0) is 11.4. The third-order valence-electron chi connectivity index (χ3n) is 4.05. The van der Waals surface area contributed by atoms with Gasteiger partial charge in [-0.1, -0.05) is 19.3 Å². The molecule has 0 aromatic rings. The topological polar surface area (TPSA) is 23.6 Å². The van der Waals surface area contributed by atoms with E-state index >= 15 is 0 Å². The normalized spacial score (nSPS) is 23.2. The predicted octanol–water partition coefficient (Wildman–Crippen LogP) is 2.86. The zero-order valence-electron chi connectivity index (χ0n) is 10.5. The lowest BCUT2D eigenvalue weighted by Crippen LogP contribution is -2.48. The molecule has 2 amide bonds. The molecule has 2 aliphatic rings. The molecule has 1 aliphatic heterocycles. The molecular formula is C13H24N2O. The van der Waals surface area contributed by atoms with Crippen molar-refractivity contribution in [3.63, 3.8) is 0 Å². The number of hydrogen-bond donors (Lipinski definition) is 0. The third kappa shape index (κ3) is 2.69. The van der Waals surface area contributed by atoms with Crippen molar-refractivity contribution in [2.45, 2.75) is 57.4 Å². The van der Waals surface area contributed by atoms with Crippen LogP contribution in [-0.4, -0.2) is 42.0 Å². The number of likely N-dealkylation sites (tertiary alicyclic amines) is 1. The van der Waals surface area contributed by atoms with E-state index in [9.17, 15) is 4.79 Å². The van der Waals surface area contributed by atoms with Crippen LogP contribution < -0.4 is 0 Å². The van der Waals surface area contributed by atoms with Crippen molar-refractivity contribution in [1.29, 1.82) is 0 Å². The van der Waals surface area contributed by atoms with Crippen molar-refractivity contribution in [3.8, 4) is 0 Å². The van der Waals surface area contributed by atoms with Crippen LogP contribution in [0.5, 0.6) is 0 Å². The molecule has 0 spiro atoms. The molecule has 92 valence electrons. The monoisotopic (exact) mass is 224 g/mol. The lowest BCUT2D eigenvalue weighted by Gasteiger charge is -2.36. The van der Waals surface area contributed by atoms with E-state index in [4.69, 9.17) is 0 Å². The van der Waals surface area contributed by atoms with Gasteiger partial charge in [-0.25, -0.2) is 4.79 Å². The van der Waals surface area contributed by atoms with Crippen LogP contribution in [-0.2, 0) is 0 Å². The highest BCUT2D eigenvalue weighted by Crippen LogP contribution is 2.23. The molecule has 0 aromatic heterocycles. The van der Waals surface area contributed by atoms with Crippen LogP contribution >= 0.6 is 0 Å². The second-order valence-corrected chi connectivity index (χ2v) is 5.23. The molecule has 3 nitrogen and oxygen atoms in total. The Morgan fingerprint density at radius 3 is 2.19 bits per heavy atom. The molecule has 2 rings (SSSR count). The lowest BCUT2D eigenvalue weighted by molar-refractivity contribution is 0.127. The molecule has 1 heterocycles. The Hall–Kier alpha value is -0.730. The molecule has 1 saturated heterocycles. The summed E-state index contributed by atoms with van der Waals surface area (Å²) < 4.78 is 0. The van der Waals surface area contributed by atoms with Crippen LogP contribution in [0.2, 0.25) is 0 Å². The Morgan fingerprint density at radius 2 is 1.56 bits per heavy atom. The van der Waals surface area contributed by atoms with Crippen LogP contribution in [0.4, 0.5) is 4.79 Å². The second kappa shape index (κ2) is 5.55. The Morgan fingerprint density at radius 1 is 1.00 bits per heavy atom. The molecule has 1 saturated carbocycles. The van der Waals surface area contributed by atoms with Gasteiger partial charge in [-0.05, 0) is 32.1 Å². The molecule has 3 heteroatoms. The van der Waals surface area contributed by atoms with Gasteiger partial charge in [-0.3, -0.25) is 0 Å². The van der Waals surface area contributed by atoms with Gasteiger partial charge in [-0.2, -0.15) is 0 Å². The summed E-state index contributed by atoms with van der Waals surface area (Å²) in [4.78, 5) is 16.3. The van der Waals surface area contributed by atoms with Crippen LogP contribution in [0.3, 0.4) is 0 Å². The van der Waals surface area contributed by atoms with E-state index in [1.807, 2.05) is 16.8 Å². The summed E-state index contributed by atoms with van der Waals surface area (Å²) in [5.74, 6) is 0. The number of rotatable bonds is 1. The highest BCUT2D eigenvalue weighted by atomic mass is 16.2. The Labute approximate surface area is 98.8 Å². The van der Waals surface area contributed by atoms with E-state index in [1.54, 1.807) is 0 Å². The minimum atomic E-state index is 0.270.